The molecule has 0 amide bonds. The van der Waals surface area contributed by atoms with Crippen molar-refractivity contribution in [3.05, 3.63) is 167 Å². The van der Waals surface area contributed by atoms with Crippen molar-refractivity contribution in [1.29, 1.82) is 0 Å². The molecule has 51 heavy (non-hydrogen) atoms. The molecule has 0 aliphatic carbocycles. The van der Waals surface area contributed by atoms with Crippen LogP contribution < -0.4 is 15.9 Å². The standard InChI is InChI=1S/C28H39N2S.C18H15P.Cu/c1-18(2)24-13-10-12-23(17-31-9)27(24)29-21(7)16-22(8)30-28-25(19(3)4)14-11-15-26(28)20(5)6;1-4-10-16(11-5-1)19(17-12-6-2-7-13-17)18-14-8-3-9-15-18;/h10-16,18-20H,17H2,1-9H3;1-15H;/q-1;;+1/b21-16-,30-22?;;. The Morgan fingerprint density at radius 2 is 1.02 bits per heavy atom. The zero-order valence-corrected chi connectivity index (χ0v) is 34.3. The minimum Gasteiger partial charge on any atom is -0.661 e. The van der Waals surface area contributed by atoms with Crippen molar-refractivity contribution in [2.75, 3.05) is 6.26 Å². The molecule has 0 N–H and O–H groups in total. The van der Waals surface area contributed by atoms with Crippen LogP contribution in [0.15, 0.2) is 144 Å². The van der Waals surface area contributed by atoms with Crippen molar-refractivity contribution in [3.63, 3.8) is 0 Å². The van der Waals surface area contributed by atoms with Crippen molar-refractivity contribution in [2.24, 2.45) is 4.99 Å². The first kappa shape index (κ1) is 42.0. The minimum atomic E-state index is -0.446. The second-order valence-electron chi connectivity index (χ2n) is 13.5. The SMILES string of the molecule is CSCc1cccc(C(C)C)c1[N-]/C(C)=C\C(C)=Nc1c(C(C)C)cccc1C(C)C.[Cu+].c1ccc(P(c2ccccc2)c2ccccc2)cc1. The summed E-state index contributed by atoms with van der Waals surface area (Å²) in [6, 6.07) is 45.5. The average Bonchev–Trinajstić information content (AvgIpc) is 3.10. The molecule has 270 valence electrons. The topological polar surface area (TPSA) is 26.5 Å². The second kappa shape index (κ2) is 21.2. The molecule has 5 aromatic rings. The molecule has 5 heteroatoms. The zero-order valence-electron chi connectivity index (χ0n) is 31.7. The fourth-order valence-electron chi connectivity index (χ4n) is 6.02. The van der Waals surface area contributed by atoms with Crippen LogP contribution >= 0.6 is 19.7 Å². The van der Waals surface area contributed by atoms with Crippen molar-refractivity contribution in [3.8, 4) is 0 Å². The van der Waals surface area contributed by atoms with Gasteiger partial charge in [-0.3, -0.25) is 4.99 Å². The Hall–Kier alpha value is -3.39. The molecule has 0 aliphatic heterocycles. The molecule has 0 atom stereocenters. The number of thioether (sulfide) groups is 1. The maximum atomic E-state index is 5.08. The summed E-state index contributed by atoms with van der Waals surface area (Å²) < 4.78 is 0. The third-order valence-electron chi connectivity index (χ3n) is 8.45. The monoisotopic (exact) mass is 760 g/mol. The Labute approximate surface area is 324 Å². The van der Waals surface area contributed by atoms with Gasteiger partial charge in [-0.1, -0.05) is 193 Å². The van der Waals surface area contributed by atoms with Gasteiger partial charge in [0.25, 0.3) is 0 Å². The Morgan fingerprint density at radius 3 is 1.43 bits per heavy atom. The second-order valence-corrected chi connectivity index (χ2v) is 16.6. The maximum absolute atomic E-state index is 5.08. The van der Waals surface area contributed by atoms with Crippen LogP contribution in [0, 0.1) is 0 Å². The van der Waals surface area contributed by atoms with Crippen molar-refractivity contribution < 1.29 is 17.1 Å². The number of benzene rings is 5. The summed E-state index contributed by atoms with van der Waals surface area (Å²) in [6.45, 7) is 17.6. The summed E-state index contributed by atoms with van der Waals surface area (Å²) in [5.41, 5.74) is 9.45. The first-order chi connectivity index (χ1) is 24.1. The van der Waals surface area contributed by atoms with Crippen LogP contribution in [0.25, 0.3) is 5.32 Å². The zero-order chi connectivity index (χ0) is 36.0. The van der Waals surface area contributed by atoms with E-state index < -0.39 is 7.92 Å². The molecule has 0 spiro atoms. The molecule has 0 aliphatic rings. The van der Waals surface area contributed by atoms with Crippen molar-refractivity contribution in [1.82, 2.24) is 0 Å². The first-order valence-corrected chi connectivity index (χ1v) is 20.5. The van der Waals surface area contributed by atoms with E-state index >= 15 is 0 Å². The van der Waals surface area contributed by atoms with Gasteiger partial charge in [-0.25, -0.2) is 0 Å². The molecule has 2 nitrogen and oxygen atoms in total. The van der Waals surface area contributed by atoms with E-state index in [2.05, 4.69) is 195 Å². The average molecular weight is 762 g/mol. The van der Waals surface area contributed by atoms with Gasteiger partial charge < -0.3 is 5.32 Å². The van der Waals surface area contributed by atoms with Crippen LogP contribution in [0.5, 0.6) is 0 Å². The number of allylic oxidation sites excluding steroid dienone is 2. The molecule has 0 saturated carbocycles. The number of hydrogen-bond donors (Lipinski definition) is 0. The summed E-state index contributed by atoms with van der Waals surface area (Å²) in [6.07, 6.45) is 4.25. The molecular formula is C46H54CuN2PS. The largest absolute Gasteiger partial charge is 1.00 e. The Morgan fingerprint density at radius 1 is 0.608 bits per heavy atom. The van der Waals surface area contributed by atoms with E-state index in [0.717, 1.165) is 28.5 Å². The minimum absolute atomic E-state index is 0. The number of rotatable bonds is 12. The fourth-order valence-corrected chi connectivity index (χ4v) is 8.87. The third-order valence-corrected chi connectivity index (χ3v) is 11.5. The van der Waals surface area contributed by atoms with Crippen LogP contribution in [0.4, 0.5) is 11.4 Å². The van der Waals surface area contributed by atoms with Gasteiger partial charge in [-0.15, -0.1) is 5.69 Å². The number of aliphatic imine (C=N–C) groups is 1. The van der Waals surface area contributed by atoms with E-state index in [4.69, 9.17) is 10.3 Å². The molecule has 0 aromatic heterocycles. The van der Waals surface area contributed by atoms with Gasteiger partial charge in [0.05, 0.1) is 5.69 Å². The summed E-state index contributed by atoms with van der Waals surface area (Å²) >= 11 is 1.84. The molecule has 0 heterocycles. The van der Waals surface area contributed by atoms with Gasteiger partial charge in [-0.2, -0.15) is 17.5 Å². The van der Waals surface area contributed by atoms with E-state index in [9.17, 15) is 0 Å². The van der Waals surface area contributed by atoms with E-state index in [1.54, 1.807) is 0 Å². The van der Waals surface area contributed by atoms with Crippen molar-refractivity contribution in [2.45, 2.75) is 78.9 Å². The van der Waals surface area contributed by atoms with Gasteiger partial charge in [0.1, 0.15) is 0 Å². The predicted molar refractivity (Wildman–Crippen MR) is 227 cm³/mol. The van der Waals surface area contributed by atoms with Gasteiger partial charge in [0.15, 0.2) is 0 Å². The molecule has 0 bridgehead atoms. The molecule has 0 saturated heterocycles. The Bertz CT molecular complexity index is 1710. The van der Waals surface area contributed by atoms with Gasteiger partial charge in [0, 0.05) is 11.5 Å². The number of nitrogens with zero attached hydrogens (tertiary/aromatic N) is 2. The number of hydrogen-bond acceptors (Lipinski definition) is 2. The van der Waals surface area contributed by atoms with E-state index in [-0.39, 0.29) is 17.1 Å². The van der Waals surface area contributed by atoms with Crippen molar-refractivity contribution >= 4 is 52.7 Å². The Kier molecular flexibility index (Phi) is 17.5. The maximum Gasteiger partial charge on any atom is 1.00 e. The third kappa shape index (κ3) is 12.1. The van der Waals surface area contributed by atoms with Crippen LogP contribution in [0.2, 0.25) is 0 Å². The van der Waals surface area contributed by atoms with Crippen LogP contribution in [0.1, 0.15) is 95.4 Å². The normalized spacial score (nSPS) is 11.8. The summed E-state index contributed by atoms with van der Waals surface area (Å²) in [5.74, 6) is 2.29. The first-order valence-electron chi connectivity index (χ1n) is 17.7. The van der Waals surface area contributed by atoms with E-state index in [1.807, 2.05) is 11.8 Å². The van der Waals surface area contributed by atoms with Gasteiger partial charge >= 0.3 is 17.1 Å². The number of para-hydroxylation sites is 2. The molecule has 0 radical (unpaired) electrons. The Balaban J connectivity index is 0.000000299. The van der Waals surface area contributed by atoms with Crippen LogP contribution in [0.3, 0.4) is 0 Å². The van der Waals surface area contributed by atoms with Gasteiger partial charge in [0.2, 0.25) is 0 Å². The van der Waals surface area contributed by atoms with Gasteiger partial charge in [-0.05, 0) is 65.9 Å². The quantitative estimate of drug-likeness (QED) is 0.0706. The smallest absolute Gasteiger partial charge is 0.661 e. The molecule has 0 fully saturated rings. The molecular weight excluding hydrogens is 707 g/mol. The van der Waals surface area contributed by atoms with Crippen LogP contribution in [-0.2, 0) is 22.8 Å². The molecule has 5 aromatic carbocycles. The van der Waals surface area contributed by atoms with E-state index in [0.29, 0.717) is 17.8 Å². The predicted octanol–water partition coefficient (Wildman–Crippen LogP) is 13.1. The molecule has 5 rings (SSSR count). The summed E-state index contributed by atoms with van der Waals surface area (Å²) in [5, 5.41) is 9.26. The van der Waals surface area contributed by atoms with E-state index in [1.165, 1.54) is 38.2 Å². The summed E-state index contributed by atoms with van der Waals surface area (Å²) in [4.78, 5) is 5.08. The fraction of sp³-hybridized carbons (Fsp3) is 0.283. The summed E-state index contributed by atoms with van der Waals surface area (Å²) in [7, 11) is -0.446. The molecule has 0 unspecified atom stereocenters. The van der Waals surface area contributed by atoms with Crippen LogP contribution in [-0.4, -0.2) is 12.0 Å².